The van der Waals surface area contributed by atoms with E-state index in [1.54, 1.807) is 18.3 Å². The van der Waals surface area contributed by atoms with Crippen LogP contribution in [0.15, 0.2) is 35.3 Å². The number of pyridine rings is 1. The van der Waals surface area contributed by atoms with Crippen LogP contribution in [0.2, 0.25) is 0 Å². The molecule has 2 aromatic rings. The highest BCUT2D eigenvalue weighted by Gasteiger charge is 2.54. The van der Waals surface area contributed by atoms with Crippen molar-refractivity contribution in [3.63, 3.8) is 0 Å². The van der Waals surface area contributed by atoms with Gasteiger partial charge in [0.2, 0.25) is 0 Å². The molecular weight excluding hydrogens is 333 g/mol. The van der Waals surface area contributed by atoms with Gasteiger partial charge in [0.1, 0.15) is 0 Å². The molecule has 1 unspecified atom stereocenters. The Labute approximate surface area is 143 Å². The Balaban J connectivity index is 1.72. The van der Waals surface area contributed by atoms with Crippen molar-refractivity contribution < 1.29 is 18.3 Å². The predicted molar refractivity (Wildman–Crippen MR) is 89.2 cm³/mol. The van der Waals surface area contributed by atoms with Gasteiger partial charge in [0.25, 0.3) is 5.56 Å². The lowest BCUT2D eigenvalue weighted by Gasteiger charge is -2.40. The van der Waals surface area contributed by atoms with Gasteiger partial charge in [0.05, 0.1) is 0 Å². The zero-order valence-electron chi connectivity index (χ0n) is 13.9. The van der Waals surface area contributed by atoms with Gasteiger partial charge < -0.3 is 10.1 Å². The molecule has 25 heavy (non-hydrogen) atoms. The number of hydrogen-bond acceptors (Lipinski definition) is 3. The topological polar surface area (TPSA) is 56.3 Å². The fourth-order valence-electron chi connectivity index (χ4n) is 3.53. The number of H-pyrrole nitrogens is 1. The van der Waals surface area contributed by atoms with E-state index in [0.717, 1.165) is 17.9 Å². The van der Waals surface area contributed by atoms with Crippen LogP contribution in [0.4, 0.5) is 13.2 Å². The minimum Gasteiger partial charge on any atom is -0.380 e. The van der Waals surface area contributed by atoms with Crippen molar-refractivity contribution in [1.29, 1.82) is 0 Å². The van der Waals surface area contributed by atoms with Crippen molar-refractivity contribution in [1.82, 2.24) is 9.88 Å². The molecule has 1 atom stereocenters. The molecule has 0 amide bonds. The van der Waals surface area contributed by atoms with Crippen molar-refractivity contribution in [3.8, 4) is 0 Å². The quantitative estimate of drug-likeness (QED) is 0.891. The highest BCUT2D eigenvalue weighted by molar-refractivity contribution is 5.84. The van der Waals surface area contributed by atoms with E-state index < -0.39 is 17.7 Å². The molecule has 0 spiro atoms. The van der Waals surface area contributed by atoms with Crippen molar-refractivity contribution in [2.75, 3.05) is 13.1 Å². The number of alkyl halides is 3. The summed E-state index contributed by atoms with van der Waals surface area (Å²) in [5.74, 6) is -0.795. The summed E-state index contributed by atoms with van der Waals surface area (Å²) >= 11 is 0. The van der Waals surface area contributed by atoms with E-state index in [-0.39, 0.29) is 18.4 Å². The van der Waals surface area contributed by atoms with Gasteiger partial charge in [-0.3, -0.25) is 9.69 Å². The number of piperidine rings is 1. The average Bonchev–Trinajstić information content (AvgIpc) is 2.57. The normalized spacial score (nSPS) is 19.9. The summed E-state index contributed by atoms with van der Waals surface area (Å²) < 4.78 is 38.9. The molecule has 0 bridgehead atoms. The second kappa shape index (κ2) is 6.46. The summed E-state index contributed by atoms with van der Waals surface area (Å²) in [7, 11) is 0. The molecule has 0 aliphatic carbocycles. The smallest absolute Gasteiger partial charge is 0.380 e. The summed E-state index contributed by atoms with van der Waals surface area (Å²) in [4.78, 5) is 16.6. The van der Waals surface area contributed by atoms with Crippen molar-refractivity contribution in [2.45, 2.75) is 38.1 Å². The number of hydrogen-bond donors (Lipinski definition) is 2. The molecule has 2 N–H and O–H groups in total. The molecule has 3 rings (SSSR count). The van der Waals surface area contributed by atoms with E-state index >= 15 is 0 Å². The molecule has 1 fully saturated rings. The van der Waals surface area contributed by atoms with Gasteiger partial charge in [0.15, 0.2) is 5.60 Å². The number of rotatable bonds is 3. The first-order chi connectivity index (χ1) is 11.7. The van der Waals surface area contributed by atoms with Crippen molar-refractivity contribution in [2.24, 2.45) is 5.92 Å². The van der Waals surface area contributed by atoms with Crippen LogP contribution >= 0.6 is 0 Å². The molecule has 136 valence electrons. The molecule has 1 saturated heterocycles. The minimum absolute atomic E-state index is 0.153. The minimum atomic E-state index is -4.62. The van der Waals surface area contributed by atoms with Crippen LogP contribution in [0.1, 0.15) is 25.3 Å². The number of fused-ring (bicyclic) bond motifs is 1. The summed E-state index contributed by atoms with van der Waals surface area (Å²) in [6.07, 6.45) is -2.38. The molecule has 2 heterocycles. The average molecular weight is 354 g/mol. The fourth-order valence-corrected chi connectivity index (χ4v) is 3.53. The van der Waals surface area contributed by atoms with Gasteiger partial charge in [-0.15, -0.1) is 0 Å². The summed E-state index contributed by atoms with van der Waals surface area (Å²) in [5.41, 5.74) is -1.86. The molecular formula is C18H21F3N2O2. The second-order valence-electron chi connectivity index (χ2n) is 6.88. The van der Waals surface area contributed by atoms with Crippen LogP contribution in [-0.4, -0.2) is 39.9 Å². The number of nitrogens with zero attached hydrogens (tertiary/aromatic N) is 1. The maximum absolute atomic E-state index is 13.0. The monoisotopic (exact) mass is 354 g/mol. The first kappa shape index (κ1) is 17.9. The Morgan fingerprint density at radius 3 is 2.40 bits per heavy atom. The number of benzene rings is 1. The van der Waals surface area contributed by atoms with Gasteiger partial charge in [-0.25, -0.2) is 0 Å². The van der Waals surface area contributed by atoms with Crippen molar-refractivity contribution >= 4 is 10.8 Å². The Bertz CT molecular complexity index is 806. The van der Waals surface area contributed by atoms with Crippen LogP contribution in [-0.2, 0) is 6.54 Å². The van der Waals surface area contributed by atoms with E-state index in [2.05, 4.69) is 9.88 Å². The van der Waals surface area contributed by atoms with Gasteiger partial charge in [-0.05, 0) is 55.8 Å². The molecule has 1 aliphatic rings. The molecule has 4 nitrogen and oxygen atoms in total. The Morgan fingerprint density at radius 2 is 1.80 bits per heavy atom. The van der Waals surface area contributed by atoms with Gasteiger partial charge in [-0.2, -0.15) is 13.2 Å². The summed E-state index contributed by atoms with van der Waals surface area (Å²) in [5, 5.41) is 11.3. The van der Waals surface area contributed by atoms with Gasteiger partial charge in [-0.1, -0.05) is 18.2 Å². The van der Waals surface area contributed by atoms with Crippen molar-refractivity contribution in [3.05, 3.63) is 46.4 Å². The van der Waals surface area contributed by atoms with E-state index in [4.69, 9.17) is 0 Å². The zero-order chi connectivity index (χ0) is 18.2. The first-order valence-electron chi connectivity index (χ1n) is 8.31. The largest absolute Gasteiger partial charge is 0.417 e. The van der Waals surface area contributed by atoms with Gasteiger partial charge >= 0.3 is 6.18 Å². The third kappa shape index (κ3) is 3.43. The maximum Gasteiger partial charge on any atom is 0.417 e. The standard InChI is InChI=1S/C18H21F3N2O2/c1-17(25,18(19,20)21)13-6-8-23(9-7-13)11-12-10-22-16(24)15-5-3-2-4-14(12)15/h2-5,10,13,25H,6-9,11H2,1H3,(H,22,24). The highest BCUT2D eigenvalue weighted by Crippen LogP contribution is 2.40. The van der Waals surface area contributed by atoms with E-state index in [9.17, 15) is 23.1 Å². The summed E-state index contributed by atoms with van der Waals surface area (Å²) in [6, 6.07) is 7.29. The van der Waals surface area contributed by atoms with E-state index in [1.165, 1.54) is 0 Å². The number of nitrogens with one attached hydrogen (secondary N) is 1. The molecule has 0 radical (unpaired) electrons. The number of halogens is 3. The predicted octanol–water partition coefficient (Wildman–Crippen LogP) is 3.05. The van der Waals surface area contributed by atoms with Crippen LogP contribution in [0.3, 0.4) is 0 Å². The van der Waals surface area contributed by atoms with Crippen LogP contribution in [0, 0.1) is 5.92 Å². The third-order valence-electron chi connectivity index (χ3n) is 5.25. The molecule has 1 aromatic carbocycles. The third-order valence-corrected chi connectivity index (χ3v) is 5.25. The fraction of sp³-hybridized carbons (Fsp3) is 0.500. The summed E-state index contributed by atoms with van der Waals surface area (Å²) in [6.45, 7) is 2.37. The number of aromatic nitrogens is 1. The number of aromatic amines is 1. The Hall–Kier alpha value is -1.86. The Morgan fingerprint density at radius 1 is 1.20 bits per heavy atom. The zero-order valence-corrected chi connectivity index (χ0v) is 13.9. The lowest BCUT2D eigenvalue weighted by atomic mass is 9.81. The maximum atomic E-state index is 13.0. The molecule has 0 saturated carbocycles. The molecule has 1 aromatic heterocycles. The number of likely N-dealkylation sites (tertiary alicyclic amines) is 1. The van der Waals surface area contributed by atoms with Crippen LogP contribution < -0.4 is 5.56 Å². The second-order valence-corrected chi connectivity index (χ2v) is 6.88. The Kier molecular flexibility index (Phi) is 4.64. The highest BCUT2D eigenvalue weighted by atomic mass is 19.4. The van der Waals surface area contributed by atoms with Crippen LogP contribution in [0.5, 0.6) is 0 Å². The SMILES string of the molecule is CC(O)(C1CCN(Cc2c[nH]c(=O)c3ccccc23)CC1)C(F)(F)F. The van der Waals surface area contributed by atoms with Crippen LogP contribution in [0.25, 0.3) is 10.8 Å². The van der Waals surface area contributed by atoms with E-state index in [0.29, 0.717) is 25.0 Å². The molecule has 7 heteroatoms. The lowest BCUT2D eigenvalue weighted by molar-refractivity contribution is -0.275. The first-order valence-corrected chi connectivity index (χ1v) is 8.31. The van der Waals surface area contributed by atoms with E-state index in [1.807, 2.05) is 12.1 Å². The molecule has 1 aliphatic heterocycles. The van der Waals surface area contributed by atoms with Gasteiger partial charge in [0, 0.05) is 18.1 Å². The number of aliphatic hydroxyl groups is 1. The lowest BCUT2D eigenvalue weighted by Crippen LogP contribution is -2.52.